The summed E-state index contributed by atoms with van der Waals surface area (Å²) < 4.78 is 29.5. The minimum Gasteiger partial charge on any atom is -0.318 e. The Balaban J connectivity index is 1.81. The van der Waals surface area contributed by atoms with Crippen molar-refractivity contribution in [2.75, 3.05) is 26.7 Å². The molecular weight excluding hydrogens is 286 g/mol. The van der Waals surface area contributed by atoms with Gasteiger partial charge >= 0.3 is 0 Å². The molecule has 2 N–H and O–H groups in total. The maximum absolute atomic E-state index is 12.5. The normalized spacial score (nSPS) is 26.0. The van der Waals surface area contributed by atoms with Gasteiger partial charge in [-0.2, -0.15) is 12.7 Å². The quantitative estimate of drug-likeness (QED) is 0.753. The van der Waals surface area contributed by atoms with Gasteiger partial charge in [-0.1, -0.05) is 38.5 Å². The molecular formula is C15H31N3O2S. The molecule has 1 heterocycles. The summed E-state index contributed by atoms with van der Waals surface area (Å²) in [7, 11) is -1.43. The van der Waals surface area contributed by atoms with Crippen LogP contribution >= 0.6 is 0 Å². The molecule has 21 heavy (non-hydrogen) atoms. The molecule has 1 saturated heterocycles. The Labute approximate surface area is 130 Å². The summed E-state index contributed by atoms with van der Waals surface area (Å²) in [6.45, 7) is 1.99. The zero-order valence-electron chi connectivity index (χ0n) is 13.3. The van der Waals surface area contributed by atoms with E-state index in [1.54, 1.807) is 4.31 Å². The van der Waals surface area contributed by atoms with Gasteiger partial charge in [0.2, 0.25) is 0 Å². The van der Waals surface area contributed by atoms with Gasteiger partial charge in [0, 0.05) is 25.7 Å². The summed E-state index contributed by atoms with van der Waals surface area (Å²) in [5.74, 6) is 0.718. The second-order valence-corrected chi connectivity index (χ2v) is 8.22. The monoisotopic (exact) mass is 317 g/mol. The highest BCUT2D eigenvalue weighted by Gasteiger charge is 2.31. The Morgan fingerprint density at radius 3 is 2.48 bits per heavy atom. The third-order valence-electron chi connectivity index (χ3n) is 4.88. The molecule has 2 aliphatic rings. The van der Waals surface area contributed by atoms with Crippen LogP contribution in [0.2, 0.25) is 0 Å². The fourth-order valence-corrected chi connectivity index (χ4v) is 5.16. The smallest absolute Gasteiger partial charge is 0.279 e. The summed E-state index contributed by atoms with van der Waals surface area (Å²) in [5.41, 5.74) is 0. The van der Waals surface area contributed by atoms with E-state index in [0.717, 1.165) is 38.1 Å². The number of hydrogen-bond donors (Lipinski definition) is 2. The van der Waals surface area contributed by atoms with Crippen LogP contribution in [0.5, 0.6) is 0 Å². The molecule has 124 valence electrons. The van der Waals surface area contributed by atoms with E-state index < -0.39 is 10.2 Å². The van der Waals surface area contributed by atoms with Crippen molar-refractivity contribution >= 4 is 10.2 Å². The summed E-state index contributed by atoms with van der Waals surface area (Å²) in [5, 5.41) is 3.11. The van der Waals surface area contributed by atoms with Crippen LogP contribution in [-0.2, 0) is 10.2 Å². The van der Waals surface area contributed by atoms with Crippen molar-refractivity contribution in [2.24, 2.45) is 5.92 Å². The van der Waals surface area contributed by atoms with E-state index in [4.69, 9.17) is 0 Å². The number of rotatable bonds is 7. The standard InChI is InChI=1S/C15H31N3O2S/c1-16-13-15-9-5-6-12-18(15)21(19,20)17-11-10-14-7-3-2-4-8-14/h14-17H,2-13H2,1H3. The fraction of sp³-hybridized carbons (Fsp3) is 1.00. The lowest BCUT2D eigenvalue weighted by Crippen LogP contribution is -2.52. The molecule has 0 radical (unpaired) electrons. The van der Waals surface area contributed by atoms with Gasteiger partial charge in [0.15, 0.2) is 0 Å². The van der Waals surface area contributed by atoms with Crippen molar-refractivity contribution in [1.29, 1.82) is 0 Å². The topological polar surface area (TPSA) is 61.4 Å². The Morgan fingerprint density at radius 1 is 1.05 bits per heavy atom. The SMILES string of the molecule is CNCC1CCCCN1S(=O)(=O)NCCC1CCCCC1. The lowest BCUT2D eigenvalue weighted by atomic mass is 9.87. The molecule has 1 atom stereocenters. The molecule has 1 saturated carbocycles. The molecule has 0 aromatic heterocycles. The molecule has 5 nitrogen and oxygen atoms in total. The fourth-order valence-electron chi connectivity index (χ4n) is 3.68. The van der Waals surface area contributed by atoms with Crippen molar-refractivity contribution in [3.05, 3.63) is 0 Å². The van der Waals surface area contributed by atoms with Gasteiger partial charge in [-0.3, -0.25) is 0 Å². The van der Waals surface area contributed by atoms with E-state index in [0.29, 0.717) is 13.1 Å². The largest absolute Gasteiger partial charge is 0.318 e. The third-order valence-corrected chi connectivity index (χ3v) is 6.55. The van der Waals surface area contributed by atoms with Crippen molar-refractivity contribution in [1.82, 2.24) is 14.3 Å². The third kappa shape index (κ3) is 5.20. The van der Waals surface area contributed by atoms with E-state index in [1.807, 2.05) is 7.05 Å². The van der Waals surface area contributed by atoms with Gasteiger partial charge < -0.3 is 5.32 Å². The number of hydrogen-bond acceptors (Lipinski definition) is 3. The molecule has 1 aliphatic heterocycles. The van der Waals surface area contributed by atoms with E-state index >= 15 is 0 Å². The molecule has 6 heteroatoms. The first kappa shape index (κ1) is 17.2. The molecule has 1 unspecified atom stereocenters. The van der Waals surface area contributed by atoms with Gasteiger partial charge in [0.25, 0.3) is 10.2 Å². The van der Waals surface area contributed by atoms with Crippen molar-refractivity contribution in [2.45, 2.75) is 63.8 Å². The maximum Gasteiger partial charge on any atom is 0.279 e. The van der Waals surface area contributed by atoms with Gasteiger partial charge in [0.1, 0.15) is 0 Å². The van der Waals surface area contributed by atoms with Crippen LogP contribution in [0, 0.1) is 5.92 Å². The average molecular weight is 317 g/mol. The first-order valence-electron chi connectivity index (χ1n) is 8.54. The van der Waals surface area contributed by atoms with E-state index in [2.05, 4.69) is 10.0 Å². The summed E-state index contributed by atoms with van der Waals surface area (Å²) in [6, 6.07) is 0.107. The van der Waals surface area contributed by atoms with Crippen LogP contribution in [0.25, 0.3) is 0 Å². The van der Waals surface area contributed by atoms with Crippen LogP contribution in [0.15, 0.2) is 0 Å². The molecule has 2 rings (SSSR count). The highest BCUT2D eigenvalue weighted by atomic mass is 32.2. The van der Waals surface area contributed by atoms with Crippen LogP contribution in [0.1, 0.15) is 57.8 Å². The second kappa shape index (κ2) is 8.46. The summed E-state index contributed by atoms with van der Waals surface area (Å²) >= 11 is 0. The minimum absolute atomic E-state index is 0.107. The molecule has 0 amide bonds. The summed E-state index contributed by atoms with van der Waals surface area (Å²) in [4.78, 5) is 0. The van der Waals surface area contributed by atoms with Crippen molar-refractivity contribution < 1.29 is 8.42 Å². The zero-order valence-corrected chi connectivity index (χ0v) is 14.1. The van der Waals surface area contributed by atoms with Gasteiger partial charge in [-0.15, -0.1) is 0 Å². The van der Waals surface area contributed by atoms with Crippen molar-refractivity contribution in [3.63, 3.8) is 0 Å². The number of likely N-dealkylation sites (N-methyl/N-ethyl adjacent to an activating group) is 1. The van der Waals surface area contributed by atoms with E-state index in [9.17, 15) is 8.42 Å². The maximum atomic E-state index is 12.5. The van der Waals surface area contributed by atoms with Crippen LogP contribution in [-0.4, -0.2) is 45.4 Å². The first-order chi connectivity index (χ1) is 10.1. The van der Waals surface area contributed by atoms with Gasteiger partial charge in [-0.05, 0) is 32.2 Å². The van der Waals surface area contributed by atoms with Crippen molar-refractivity contribution in [3.8, 4) is 0 Å². The first-order valence-corrected chi connectivity index (χ1v) is 9.98. The molecule has 1 aliphatic carbocycles. The molecule has 2 fully saturated rings. The van der Waals surface area contributed by atoms with Crippen LogP contribution in [0.4, 0.5) is 0 Å². The minimum atomic E-state index is -3.31. The lowest BCUT2D eigenvalue weighted by Gasteiger charge is -2.34. The molecule has 0 bridgehead atoms. The average Bonchev–Trinajstić information content (AvgIpc) is 2.49. The number of nitrogens with one attached hydrogen (secondary N) is 2. The van der Waals surface area contributed by atoms with Gasteiger partial charge in [-0.25, -0.2) is 4.72 Å². The molecule has 0 aromatic carbocycles. The molecule has 0 aromatic rings. The van der Waals surface area contributed by atoms with E-state index in [-0.39, 0.29) is 6.04 Å². The Hall–Kier alpha value is -0.170. The Morgan fingerprint density at radius 2 is 1.76 bits per heavy atom. The number of piperidine rings is 1. The number of nitrogens with zero attached hydrogens (tertiary/aromatic N) is 1. The predicted octanol–water partition coefficient (Wildman–Crippen LogP) is 1.87. The van der Waals surface area contributed by atoms with Crippen LogP contribution in [0.3, 0.4) is 0 Å². The second-order valence-electron chi connectivity index (χ2n) is 6.51. The van der Waals surface area contributed by atoms with E-state index in [1.165, 1.54) is 32.1 Å². The van der Waals surface area contributed by atoms with Gasteiger partial charge in [0.05, 0.1) is 0 Å². The summed E-state index contributed by atoms with van der Waals surface area (Å²) in [6.07, 6.45) is 10.6. The van der Waals surface area contributed by atoms with Crippen LogP contribution < -0.4 is 10.0 Å². The Bertz CT molecular complexity index is 392. The highest BCUT2D eigenvalue weighted by Crippen LogP contribution is 2.26. The predicted molar refractivity (Wildman–Crippen MR) is 86.4 cm³/mol. The highest BCUT2D eigenvalue weighted by molar-refractivity contribution is 7.87. The Kier molecular flexibility index (Phi) is 6.92. The lowest BCUT2D eigenvalue weighted by molar-refractivity contribution is 0.245. The molecule has 0 spiro atoms. The zero-order chi connectivity index (χ0) is 15.1.